The molecular formula is C23H35N5O3S. The molecule has 0 bridgehead atoms. The third kappa shape index (κ3) is 7.94. The molecule has 0 atom stereocenters. The lowest BCUT2D eigenvalue weighted by Crippen LogP contribution is -2.42. The summed E-state index contributed by atoms with van der Waals surface area (Å²) in [6.45, 7) is 11.2. The monoisotopic (exact) mass is 461 g/mol. The van der Waals surface area contributed by atoms with Gasteiger partial charge in [0.1, 0.15) is 12.1 Å². The molecule has 8 nitrogen and oxygen atoms in total. The van der Waals surface area contributed by atoms with Crippen LogP contribution in [0.4, 0.5) is 0 Å². The number of nitrogens with zero attached hydrogens (tertiary/aromatic N) is 5. The first-order valence-electron chi connectivity index (χ1n) is 10.8. The van der Waals surface area contributed by atoms with Gasteiger partial charge < -0.3 is 19.1 Å². The zero-order valence-electron chi connectivity index (χ0n) is 20.2. The molecular weight excluding hydrogens is 426 g/mol. The predicted octanol–water partition coefficient (Wildman–Crippen LogP) is 3.10. The molecule has 32 heavy (non-hydrogen) atoms. The van der Waals surface area contributed by atoms with Crippen LogP contribution in [0.25, 0.3) is 11.4 Å². The molecule has 0 radical (unpaired) electrons. The van der Waals surface area contributed by atoms with Gasteiger partial charge in [-0.25, -0.2) is 0 Å². The Labute approximate surface area is 195 Å². The maximum Gasteiger partial charge on any atom is 0.326 e. The lowest BCUT2D eigenvalue weighted by Gasteiger charge is -2.26. The van der Waals surface area contributed by atoms with E-state index in [-0.39, 0.29) is 18.2 Å². The molecule has 0 spiro atoms. The molecule has 0 aliphatic heterocycles. The van der Waals surface area contributed by atoms with Crippen LogP contribution in [0.5, 0.6) is 0 Å². The summed E-state index contributed by atoms with van der Waals surface area (Å²) in [5.41, 5.74) is 1.55. The minimum Gasteiger partial charge on any atom is -0.459 e. The van der Waals surface area contributed by atoms with Crippen LogP contribution in [0.3, 0.4) is 0 Å². The number of aryl methyl sites for hydroxylation is 1. The van der Waals surface area contributed by atoms with E-state index in [2.05, 4.69) is 16.3 Å². The Morgan fingerprint density at radius 2 is 1.88 bits per heavy atom. The van der Waals surface area contributed by atoms with Crippen molar-refractivity contribution in [2.75, 3.05) is 39.5 Å². The molecule has 0 aliphatic rings. The molecule has 1 heterocycles. The second-order valence-corrected chi connectivity index (χ2v) is 9.86. The largest absolute Gasteiger partial charge is 0.459 e. The quantitative estimate of drug-likeness (QED) is 0.397. The van der Waals surface area contributed by atoms with Gasteiger partial charge in [-0.3, -0.25) is 9.59 Å². The van der Waals surface area contributed by atoms with Crippen molar-refractivity contribution >= 4 is 23.6 Å². The number of ether oxygens (including phenoxy) is 1. The van der Waals surface area contributed by atoms with Gasteiger partial charge in [0.15, 0.2) is 11.0 Å². The van der Waals surface area contributed by atoms with Gasteiger partial charge in [0.05, 0.1) is 5.75 Å². The fraction of sp³-hybridized carbons (Fsp3) is 0.565. The normalized spacial score (nSPS) is 11.6. The van der Waals surface area contributed by atoms with Crippen LogP contribution in [-0.4, -0.2) is 81.5 Å². The standard InChI is InChI=1S/C23H35N5O3S/c1-8-28-21(18-11-9-10-17(2)14-18)24-25-22(28)32-16-19(29)27(13-12-26(6)7)15-20(30)31-23(3,4)5/h9-11,14H,8,12-13,15-16H2,1-7H3. The van der Waals surface area contributed by atoms with Gasteiger partial charge in [0.2, 0.25) is 5.91 Å². The number of likely N-dealkylation sites (N-methyl/N-ethyl adjacent to an activating group) is 1. The van der Waals surface area contributed by atoms with Crippen LogP contribution in [0.2, 0.25) is 0 Å². The Morgan fingerprint density at radius 1 is 1.16 bits per heavy atom. The van der Waals surface area contributed by atoms with E-state index in [0.717, 1.165) is 17.0 Å². The summed E-state index contributed by atoms with van der Waals surface area (Å²) < 4.78 is 7.41. The highest BCUT2D eigenvalue weighted by Gasteiger charge is 2.23. The lowest BCUT2D eigenvalue weighted by atomic mass is 10.1. The SMILES string of the molecule is CCn1c(SCC(=O)N(CCN(C)C)CC(=O)OC(C)(C)C)nnc1-c1cccc(C)c1. The third-order valence-electron chi connectivity index (χ3n) is 4.54. The number of hydrogen-bond acceptors (Lipinski definition) is 7. The summed E-state index contributed by atoms with van der Waals surface area (Å²) >= 11 is 1.33. The molecule has 1 aromatic heterocycles. The number of carbonyl (C=O) groups excluding carboxylic acids is 2. The van der Waals surface area contributed by atoms with Crippen molar-refractivity contribution in [3.8, 4) is 11.4 Å². The van der Waals surface area contributed by atoms with Crippen LogP contribution in [0, 0.1) is 6.92 Å². The fourth-order valence-electron chi connectivity index (χ4n) is 3.04. The number of aromatic nitrogens is 3. The number of amides is 1. The maximum absolute atomic E-state index is 13.0. The first kappa shape index (κ1) is 25.9. The van der Waals surface area contributed by atoms with E-state index in [9.17, 15) is 9.59 Å². The number of benzene rings is 1. The Morgan fingerprint density at radius 3 is 2.47 bits per heavy atom. The summed E-state index contributed by atoms with van der Waals surface area (Å²) in [5.74, 6) is 0.408. The van der Waals surface area contributed by atoms with E-state index in [1.54, 1.807) is 4.90 Å². The van der Waals surface area contributed by atoms with Gasteiger partial charge in [-0.2, -0.15) is 0 Å². The number of rotatable bonds is 10. The lowest BCUT2D eigenvalue weighted by molar-refractivity contribution is -0.158. The fourth-order valence-corrected chi connectivity index (χ4v) is 3.94. The van der Waals surface area contributed by atoms with Gasteiger partial charge in [-0.15, -0.1) is 10.2 Å². The van der Waals surface area contributed by atoms with Crippen LogP contribution in [0.15, 0.2) is 29.4 Å². The van der Waals surface area contributed by atoms with Gasteiger partial charge in [0.25, 0.3) is 0 Å². The van der Waals surface area contributed by atoms with Crippen molar-refractivity contribution in [1.29, 1.82) is 0 Å². The third-order valence-corrected chi connectivity index (χ3v) is 5.50. The summed E-state index contributed by atoms with van der Waals surface area (Å²) in [5, 5.41) is 9.35. The van der Waals surface area contributed by atoms with Gasteiger partial charge in [-0.05, 0) is 54.8 Å². The van der Waals surface area contributed by atoms with Crippen molar-refractivity contribution in [1.82, 2.24) is 24.6 Å². The van der Waals surface area contributed by atoms with Crippen molar-refractivity contribution < 1.29 is 14.3 Å². The molecule has 0 saturated carbocycles. The van der Waals surface area contributed by atoms with Gasteiger partial charge in [-0.1, -0.05) is 35.5 Å². The highest BCUT2D eigenvalue weighted by atomic mass is 32.2. The summed E-state index contributed by atoms with van der Waals surface area (Å²) in [4.78, 5) is 28.8. The van der Waals surface area contributed by atoms with Crippen molar-refractivity contribution in [3.05, 3.63) is 29.8 Å². The molecule has 0 fully saturated rings. The molecule has 2 aromatic rings. The minimum absolute atomic E-state index is 0.0699. The van der Waals surface area contributed by atoms with Crippen LogP contribution >= 0.6 is 11.8 Å². The number of carbonyl (C=O) groups is 2. The Kier molecular flexibility index (Phi) is 9.27. The highest BCUT2D eigenvalue weighted by Crippen LogP contribution is 2.24. The summed E-state index contributed by atoms with van der Waals surface area (Å²) in [6, 6.07) is 8.11. The van der Waals surface area contributed by atoms with Gasteiger partial charge in [0, 0.05) is 25.2 Å². The van der Waals surface area contributed by atoms with E-state index >= 15 is 0 Å². The van der Waals surface area contributed by atoms with Crippen LogP contribution in [-0.2, 0) is 20.9 Å². The Bertz CT molecular complexity index is 921. The molecule has 1 amide bonds. The molecule has 0 N–H and O–H groups in total. The van der Waals surface area contributed by atoms with Crippen molar-refractivity contribution in [2.24, 2.45) is 0 Å². The van der Waals surface area contributed by atoms with E-state index in [0.29, 0.717) is 24.8 Å². The molecule has 2 rings (SSSR count). The minimum atomic E-state index is -0.591. The van der Waals surface area contributed by atoms with E-state index in [4.69, 9.17) is 4.74 Å². The number of esters is 1. The zero-order chi connectivity index (χ0) is 23.9. The first-order valence-corrected chi connectivity index (χ1v) is 11.8. The predicted molar refractivity (Wildman–Crippen MR) is 128 cm³/mol. The average molecular weight is 462 g/mol. The molecule has 9 heteroatoms. The smallest absolute Gasteiger partial charge is 0.326 e. The maximum atomic E-state index is 13.0. The van der Waals surface area contributed by atoms with Crippen LogP contribution in [0.1, 0.15) is 33.3 Å². The average Bonchev–Trinajstić information content (AvgIpc) is 3.10. The molecule has 0 saturated heterocycles. The Hall–Kier alpha value is -2.39. The van der Waals surface area contributed by atoms with Crippen molar-refractivity contribution in [3.63, 3.8) is 0 Å². The summed E-state index contributed by atoms with van der Waals surface area (Å²) in [6.07, 6.45) is 0. The van der Waals surface area contributed by atoms with Crippen molar-refractivity contribution in [2.45, 2.75) is 51.9 Å². The second-order valence-electron chi connectivity index (χ2n) is 8.91. The second kappa shape index (κ2) is 11.5. The molecule has 176 valence electrons. The van der Waals surface area contributed by atoms with Gasteiger partial charge >= 0.3 is 5.97 Å². The zero-order valence-corrected chi connectivity index (χ0v) is 21.0. The first-order chi connectivity index (χ1) is 15.0. The molecule has 0 unspecified atom stereocenters. The number of thioether (sulfide) groups is 1. The molecule has 1 aromatic carbocycles. The summed E-state index contributed by atoms with van der Waals surface area (Å²) in [7, 11) is 3.86. The van der Waals surface area contributed by atoms with Crippen LogP contribution < -0.4 is 0 Å². The molecule has 0 aliphatic carbocycles. The van der Waals surface area contributed by atoms with E-state index in [1.807, 2.05) is 76.4 Å². The highest BCUT2D eigenvalue weighted by molar-refractivity contribution is 7.99. The Balaban J connectivity index is 2.10. The number of hydrogen-bond donors (Lipinski definition) is 0. The van der Waals surface area contributed by atoms with E-state index in [1.165, 1.54) is 11.8 Å². The van der Waals surface area contributed by atoms with E-state index < -0.39 is 11.6 Å². The topological polar surface area (TPSA) is 80.6 Å².